The summed E-state index contributed by atoms with van der Waals surface area (Å²) in [6, 6.07) is 0.608. The van der Waals surface area contributed by atoms with Crippen molar-refractivity contribution in [2.45, 2.75) is 26.4 Å². The fraction of sp³-hybridized carbons (Fsp3) is 0.769. The van der Waals surface area contributed by atoms with Crippen LogP contribution in [-0.4, -0.2) is 66.3 Å². The fourth-order valence-electron chi connectivity index (χ4n) is 2.52. The molecule has 0 bridgehead atoms. The molecule has 18 heavy (non-hydrogen) atoms. The Morgan fingerprint density at radius 2 is 2.11 bits per heavy atom. The molecule has 1 fully saturated rings. The van der Waals surface area contributed by atoms with Gasteiger partial charge in [-0.1, -0.05) is 0 Å². The summed E-state index contributed by atoms with van der Waals surface area (Å²) in [5.74, 6) is 0. The predicted octanol–water partition coefficient (Wildman–Crippen LogP) is 0.362. The van der Waals surface area contributed by atoms with Gasteiger partial charge in [0.25, 0.3) is 0 Å². The summed E-state index contributed by atoms with van der Waals surface area (Å²) in [4.78, 5) is 4.85. The molecule has 102 valence electrons. The average molecular weight is 251 g/mol. The Kier molecular flexibility index (Phi) is 4.37. The first-order chi connectivity index (χ1) is 8.58. The van der Waals surface area contributed by atoms with Gasteiger partial charge in [-0.05, 0) is 27.9 Å². The third kappa shape index (κ3) is 3.10. The fourth-order valence-corrected chi connectivity index (χ4v) is 2.52. The molecule has 0 aromatic carbocycles. The molecule has 0 radical (unpaired) electrons. The van der Waals surface area contributed by atoms with Gasteiger partial charge in [-0.3, -0.25) is 10.00 Å². The monoisotopic (exact) mass is 251 g/mol. The van der Waals surface area contributed by atoms with Crippen molar-refractivity contribution in [3.05, 3.63) is 17.0 Å². The van der Waals surface area contributed by atoms with Crippen LogP contribution in [0.1, 0.15) is 17.0 Å². The van der Waals surface area contributed by atoms with E-state index in [0.29, 0.717) is 6.04 Å². The van der Waals surface area contributed by atoms with Crippen LogP contribution in [0.5, 0.6) is 0 Å². The van der Waals surface area contributed by atoms with Crippen LogP contribution in [-0.2, 0) is 6.54 Å². The quantitative estimate of drug-likeness (QED) is 0.811. The van der Waals surface area contributed by atoms with E-state index in [9.17, 15) is 0 Å². The van der Waals surface area contributed by atoms with Crippen LogP contribution >= 0.6 is 0 Å². The topological polar surface area (TPSA) is 47.2 Å². The molecule has 1 aliphatic rings. The van der Waals surface area contributed by atoms with E-state index in [1.54, 1.807) is 0 Å². The van der Waals surface area contributed by atoms with Crippen molar-refractivity contribution in [3.8, 4) is 0 Å². The molecule has 2 rings (SSSR count). The molecule has 0 aliphatic carbocycles. The lowest BCUT2D eigenvalue weighted by molar-refractivity contribution is 0.113. The van der Waals surface area contributed by atoms with Crippen LogP contribution in [0.3, 0.4) is 0 Å². The first-order valence-corrected chi connectivity index (χ1v) is 6.68. The average Bonchev–Trinajstić information content (AvgIpc) is 2.65. The predicted molar refractivity (Wildman–Crippen MR) is 73.7 cm³/mol. The van der Waals surface area contributed by atoms with Gasteiger partial charge < -0.3 is 10.2 Å². The van der Waals surface area contributed by atoms with Crippen molar-refractivity contribution in [1.29, 1.82) is 0 Å². The minimum absolute atomic E-state index is 0.608. The number of H-pyrrole nitrogens is 1. The number of nitrogens with one attached hydrogen (secondary N) is 2. The van der Waals surface area contributed by atoms with E-state index < -0.39 is 0 Å². The van der Waals surface area contributed by atoms with E-state index in [2.05, 4.69) is 53.3 Å². The largest absolute Gasteiger partial charge is 0.311 e. The Morgan fingerprint density at radius 1 is 1.33 bits per heavy atom. The zero-order valence-corrected chi connectivity index (χ0v) is 12.0. The van der Waals surface area contributed by atoms with Crippen molar-refractivity contribution >= 4 is 0 Å². The highest BCUT2D eigenvalue weighted by atomic mass is 15.3. The first kappa shape index (κ1) is 13.5. The summed E-state index contributed by atoms with van der Waals surface area (Å²) in [6.45, 7) is 9.55. The van der Waals surface area contributed by atoms with Crippen LogP contribution in [0.4, 0.5) is 0 Å². The zero-order chi connectivity index (χ0) is 13.1. The van der Waals surface area contributed by atoms with Gasteiger partial charge in [0.05, 0.1) is 5.69 Å². The highest BCUT2D eigenvalue weighted by Gasteiger charge is 2.21. The maximum Gasteiger partial charge on any atom is 0.0638 e. The molecule has 1 aromatic heterocycles. The second kappa shape index (κ2) is 5.82. The van der Waals surface area contributed by atoms with Crippen LogP contribution < -0.4 is 5.32 Å². The maximum absolute atomic E-state index is 4.22. The molecule has 1 saturated heterocycles. The molecule has 1 unspecified atom stereocenters. The van der Waals surface area contributed by atoms with Crippen LogP contribution in [0.25, 0.3) is 0 Å². The van der Waals surface area contributed by atoms with Crippen molar-refractivity contribution in [1.82, 2.24) is 25.3 Å². The van der Waals surface area contributed by atoms with Crippen molar-refractivity contribution in [3.63, 3.8) is 0 Å². The van der Waals surface area contributed by atoms with Gasteiger partial charge in [-0.2, -0.15) is 5.10 Å². The lowest BCUT2D eigenvalue weighted by Gasteiger charge is -2.37. The van der Waals surface area contributed by atoms with Crippen LogP contribution in [0.2, 0.25) is 0 Å². The van der Waals surface area contributed by atoms with Gasteiger partial charge in [0.2, 0.25) is 0 Å². The standard InChI is InChI=1S/C13H25N5/c1-10-13(11(2)16-15-10)8-14-7-12-9-17(3)5-6-18(12)4/h12,14H,5-9H2,1-4H3,(H,15,16). The molecule has 5 heteroatoms. The Bertz CT molecular complexity index is 367. The van der Waals surface area contributed by atoms with Crippen molar-refractivity contribution < 1.29 is 0 Å². The lowest BCUT2D eigenvalue weighted by atomic mass is 10.1. The van der Waals surface area contributed by atoms with Crippen molar-refractivity contribution in [2.75, 3.05) is 40.3 Å². The molecule has 1 aliphatic heterocycles. The Morgan fingerprint density at radius 3 is 2.78 bits per heavy atom. The number of hydrogen-bond donors (Lipinski definition) is 2. The lowest BCUT2D eigenvalue weighted by Crippen LogP contribution is -2.53. The molecule has 5 nitrogen and oxygen atoms in total. The summed E-state index contributed by atoms with van der Waals surface area (Å²) in [6.07, 6.45) is 0. The molecule has 1 atom stereocenters. The smallest absolute Gasteiger partial charge is 0.0638 e. The van der Waals surface area contributed by atoms with E-state index in [0.717, 1.165) is 31.9 Å². The van der Waals surface area contributed by atoms with E-state index in [1.165, 1.54) is 17.8 Å². The third-order valence-electron chi connectivity index (χ3n) is 3.94. The Labute approximate surface area is 110 Å². The SMILES string of the molecule is Cc1n[nH]c(C)c1CNCC1CN(C)CCN1C. The number of aromatic amines is 1. The molecule has 0 amide bonds. The van der Waals surface area contributed by atoms with E-state index in [4.69, 9.17) is 0 Å². The number of nitrogens with zero attached hydrogens (tertiary/aromatic N) is 3. The van der Waals surface area contributed by atoms with Crippen LogP contribution in [0.15, 0.2) is 0 Å². The second-order valence-corrected chi connectivity index (χ2v) is 5.44. The first-order valence-electron chi connectivity index (χ1n) is 6.68. The number of rotatable bonds is 4. The van der Waals surface area contributed by atoms with Crippen molar-refractivity contribution in [2.24, 2.45) is 0 Å². The normalized spacial score (nSPS) is 22.6. The molecule has 0 spiro atoms. The third-order valence-corrected chi connectivity index (χ3v) is 3.94. The van der Waals surface area contributed by atoms with E-state index in [-0.39, 0.29) is 0 Å². The Balaban J connectivity index is 1.81. The molecule has 2 heterocycles. The number of aryl methyl sites for hydroxylation is 2. The number of piperazine rings is 1. The van der Waals surface area contributed by atoms with Gasteiger partial charge in [-0.25, -0.2) is 0 Å². The van der Waals surface area contributed by atoms with Gasteiger partial charge >= 0.3 is 0 Å². The number of hydrogen-bond acceptors (Lipinski definition) is 4. The highest BCUT2D eigenvalue weighted by molar-refractivity contribution is 5.22. The molecule has 0 saturated carbocycles. The molecule has 2 N–H and O–H groups in total. The number of likely N-dealkylation sites (N-methyl/N-ethyl adjacent to an activating group) is 2. The Hall–Kier alpha value is -0.910. The molecular formula is C13H25N5. The highest BCUT2D eigenvalue weighted by Crippen LogP contribution is 2.09. The summed E-state index contributed by atoms with van der Waals surface area (Å²) < 4.78 is 0. The maximum atomic E-state index is 4.22. The summed E-state index contributed by atoms with van der Waals surface area (Å²) in [5.41, 5.74) is 3.59. The van der Waals surface area contributed by atoms with E-state index in [1.807, 2.05) is 0 Å². The second-order valence-electron chi connectivity index (χ2n) is 5.44. The van der Waals surface area contributed by atoms with E-state index >= 15 is 0 Å². The molecular weight excluding hydrogens is 226 g/mol. The van der Waals surface area contributed by atoms with Gasteiger partial charge in [0.15, 0.2) is 0 Å². The minimum atomic E-state index is 0.608. The van der Waals surface area contributed by atoms with Gasteiger partial charge in [-0.15, -0.1) is 0 Å². The molecule has 1 aromatic rings. The summed E-state index contributed by atoms with van der Waals surface area (Å²) in [5, 5.41) is 10.8. The number of aromatic nitrogens is 2. The van der Waals surface area contributed by atoms with Crippen LogP contribution in [0, 0.1) is 13.8 Å². The van der Waals surface area contributed by atoms with Gasteiger partial charge in [0.1, 0.15) is 0 Å². The summed E-state index contributed by atoms with van der Waals surface area (Å²) >= 11 is 0. The zero-order valence-electron chi connectivity index (χ0n) is 12.0. The van der Waals surface area contributed by atoms with Gasteiger partial charge in [0, 0.05) is 50.0 Å². The minimum Gasteiger partial charge on any atom is -0.311 e. The summed E-state index contributed by atoms with van der Waals surface area (Å²) in [7, 11) is 4.41.